The van der Waals surface area contributed by atoms with Crippen LogP contribution < -0.4 is 10.1 Å². The molecule has 1 aromatic carbocycles. The molecule has 1 N–H and O–H groups in total. The van der Waals surface area contributed by atoms with Gasteiger partial charge in [-0.05, 0) is 37.5 Å². The molecule has 2 unspecified atom stereocenters. The Bertz CT molecular complexity index is 950. The quantitative estimate of drug-likeness (QED) is 0.619. The number of hydrogen-bond acceptors (Lipinski definition) is 5. The molecule has 1 saturated heterocycles. The average molecular weight is 396 g/mol. The summed E-state index contributed by atoms with van der Waals surface area (Å²) in [6.07, 6.45) is 4.36. The first-order valence-corrected chi connectivity index (χ1v) is 9.82. The maximum Gasteiger partial charge on any atom is 0.316 e. The molecule has 8 heteroatoms. The average Bonchev–Trinajstić information content (AvgIpc) is 3.41. The van der Waals surface area contributed by atoms with E-state index in [2.05, 4.69) is 10.4 Å². The van der Waals surface area contributed by atoms with Crippen LogP contribution in [0, 0.1) is 5.92 Å². The number of anilines is 1. The minimum atomic E-state index is -0.479. The third-order valence-electron chi connectivity index (χ3n) is 5.42. The van der Waals surface area contributed by atoms with Gasteiger partial charge in [0.05, 0.1) is 17.7 Å². The Labute approximate surface area is 168 Å². The molecule has 0 bridgehead atoms. The van der Waals surface area contributed by atoms with Gasteiger partial charge in [-0.1, -0.05) is 6.07 Å². The lowest BCUT2D eigenvalue weighted by atomic mass is 9.86. The van der Waals surface area contributed by atoms with Gasteiger partial charge in [0.1, 0.15) is 5.75 Å². The van der Waals surface area contributed by atoms with E-state index in [0.29, 0.717) is 24.3 Å². The molecule has 4 rings (SSSR count). The lowest BCUT2D eigenvalue weighted by molar-refractivity contribution is -0.151. The van der Waals surface area contributed by atoms with Gasteiger partial charge in [0.2, 0.25) is 11.8 Å². The third kappa shape index (κ3) is 4.01. The Morgan fingerprint density at radius 3 is 2.66 bits per heavy atom. The topological polar surface area (TPSA) is 93.5 Å². The van der Waals surface area contributed by atoms with Gasteiger partial charge in [-0.2, -0.15) is 5.10 Å². The molecule has 1 aliphatic carbocycles. The molecule has 2 fully saturated rings. The van der Waals surface area contributed by atoms with Crippen molar-refractivity contribution in [1.82, 2.24) is 14.7 Å². The molecule has 8 nitrogen and oxygen atoms in total. The predicted molar refractivity (Wildman–Crippen MR) is 105 cm³/mol. The van der Waals surface area contributed by atoms with Crippen LogP contribution in [0.5, 0.6) is 5.75 Å². The summed E-state index contributed by atoms with van der Waals surface area (Å²) >= 11 is 0. The molecule has 2 aromatic rings. The molecule has 0 spiro atoms. The number of hydrogen-bond donors (Lipinski definition) is 1. The van der Waals surface area contributed by atoms with Crippen LogP contribution >= 0.6 is 0 Å². The SMILES string of the molecule is CC(=O)Nc1cccc(OC(=O)C2CCC(=O)N(C3CC3)C2c2ccnn2C)c1. The molecule has 29 heavy (non-hydrogen) atoms. The summed E-state index contributed by atoms with van der Waals surface area (Å²) in [7, 11) is 1.82. The van der Waals surface area contributed by atoms with Crippen molar-refractivity contribution in [3.63, 3.8) is 0 Å². The van der Waals surface area contributed by atoms with E-state index in [9.17, 15) is 14.4 Å². The molecule has 2 heterocycles. The Balaban J connectivity index is 1.60. The second-order valence-corrected chi connectivity index (χ2v) is 7.63. The zero-order valence-corrected chi connectivity index (χ0v) is 16.5. The number of aromatic nitrogens is 2. The van der Waals surface area contributed by atoms with E-state index in [-0.39, 0.29) is 29.9 Å². The van der Waals surface area contributed by atoms with Crippen molar-refractivity contribution < 1.29 is 19.1 Å². The summed E-state index contributed by atoms with van der Waals surface area (Å²) in [4.78, 5) is 38.9. The largest absolute Gasteiger partial charge is 0.426 e. The highest BCUT2D eigenvalue weighted by Crippen LogP contribution is 2.43. The van der Waals surface area contributed by atoms with E-state index >= 15 is 0 Å². The van der Waals surface area contributed by atoms with Crippen molar-refractivity contribution >= 4 is 23.5 Å². The molecule has 2 atom stereocenters. The predicted octanol–water partition coefficient (Wildman–Crippen LogP) is 2.43. The van der Waals surface area contributed by atoms with Crippen LogP contribution in [0.4, 0.5) is 5.69 Å². The number of nitrogens with zero attached hydrogens (tertiary/aromatic N) is 3. The fraction of sp³-hybridized carbons (Fsp3) is 0.429. The molecule has 152 valence electrons. The van der Waals surface area contributed by atoms with E-state index in [1.54, 1.807) is 35.1 Å². The molecule has 1 aromatic heterocycles. The molecular weight excluding hydrogens is 372 g/mol. The van der Waals surface area contributed by atoms with Crippen LogP contribution in [-0.4, -0.2) is 38.5 Å². The summed E-state index contributed by atoms with van der Waals surface area (Å²) in [5, 5.41) is 6.91. The number of nitrogens with one attached hydrogen (secondary N) is 1. The molecule has 1 aliphatic heterocycles. The molecular formula is C21H24N4O4. The Morgan fingerprint density at radius 2 is 2.00 bits per heavy atom. The molecule has 2 aliphatic rings. The van der Waals surface area contributed by atoms with Crippen LogP contribution in [0.3, 0.4) is 0 Å². The van der Waals surface area contributed by atoms with Gasteiger partial charge in [-0.25, -0.2) is 0 Å². The number of likely N-dealkylation sites (tertiary alicyclic amines) is 1. The lowest BCUT2D eigenvalue weighted by Crippen LogP contribution is -2.48. The second-order valence-electron chi connectivity index (χ2n) is 7.63. The number of ether oxygens (including phenoxy) is 1. The Hall–Kier alpha value is -3.16. The number of rotatable bonds is 5. The normalized spacial score (nSPS) is 21.7. The second kappa shape index (κ2) is 7.69. The number of carbonyl (C=O) groups is 3. The van der Waals surface area contributed by atoms with Crippen molar-refractivity contribution in [2.45, 2.75) is 44.7 Å². The monoisotopic (exact) mass is 396 g/mol. The number of amides is 2. The van der Waals surface area contributed by atoms with Crippen LogP contribution in [0.15, 0.2) is 36.5 Å². The highest BCUT2D eigenvalue weighted by atomic mass is 16.5. The highest BCUT2D eigenvalue weighted by Gasteiger charge is 2.48. The van der Waals surface area contributed by atoms with Gasteiger partial charge in [0.25, 0.3) is 0 Å². The summed E-state index contributed by atoms with van der Waals surface area (Å²) in [6, 6.07) is 8.39. The van der Waals surface area contributed by atoms with E-state index in [4.69, 9.17) is 4.74 Å². The maximum absolute atomic E-state index is 13.1. The van der Waals surface area contributed by atoms with Crippen LogP contribution in [0.1, 0.15) is 44.3 Å². The van der Waals surface area contributed by atoms with Crippen LogP contribution in [-0.2, 0) is 21.4 Å². The molecule has 1 saturated carbocycles. The van der Waals surface area contributed by atoms with Crippen LogP contribution in [0.25, 0.3) is 0 Å². The standard InChI is InChI=1S/C21H24N4O4/c1-13(26)23-14-4-3-5-16(12-14)29-21(28)17-8-9-19(27)25(15-6-7-15)20(17)18-10-11-22-24(18)2/h3-5,10-12,15,17,20H,6-9H2,1-2H3,(H,23,26). The van der Waals surface area contributed by atoms with E-state index in [1.807, 2.05) is 18.0 Å². The van der Waals surface area contributed by atoms with Crippen molar-refractivity contribution in [3.8, 4) is 5.75 Å². The zero-order chi connectivity index (χ0) is 20.5. The summed E-state index contributed by atoms with van der Waals surface area (Å²) in [6.45, 7) is 1.42. The fourth-order valence-corrected chi connectivity index (χ4v) is 4.00. The highest BCUT2D eigenvalue weighted by molar-refractivity contribution is 5.89. The van der Waals surface area contributed by atoms with Crippen molar-refractivity contribution in [3.05, 3.63) is 42.2 Å². The number of aryl methyl sites for hydroxylation is 1. The number of esters is 1. The first-order valence-electron chi connectivity index (χ1n) is 9.82. The first kappa shape index (κ1) is 19.2. The zero-order valence-electron chi connectivity index (χ0n) is 16.5. The van der Waals surface area contributed by atoms with Gasteiger partial charge in [-0.15, -0.1) is 0 Å². The summed E-state index contributed by atoms with van der Waals surface area (Å²) in [5.41, 5.74) is 1.39. The van der Waals surface area contributed by atoms with Crippen molar-refractivity contribution in [2.75, 3.05) is 5.32 Å². The summed E-state index contributed by atoms with van der Waals surface area (Å²) in [5.74, 6) is -0.617. The van der Waals surface area contributed by atoms with E-state index < -0.39 is 5.92 Å². The van der Waals surface area contributed by atoms with Crippen molar-refractivity contribution in [2.24, 2.45) is 13.0 Å². The first-order chi connectivity index (χ1) is 13.9. The van der Waals surface area contributed by atoms with Crippen molar-refractivity contribution in [1.29, 1.82) is 0 Å². The van der Waals surface area contributed by atoms with Gasteiger partial charge >= 0.3 is 5.97 Å². The number of benzene rings is 1. The number of piperidine rings is 1. The van der Waals surface area contributed by atoms with Gasteiger partial charge < -0.3 is 15.0 Å². The summed E-state index contributed by atoms with van der Waals surface area (Å²) < 4.78 is 7.39. The fourth-order valence-electron chi connectivity index (χ4n) is 4.00. The van der Waals surface area contributed by atoms with Gasteiger partial charge in [0.15, 0.2) is 0 Å². The Morgan fingerprint density at radius 1 is 1.21 bits per heavy atom. The van der Waals surface area contributed by atoms with E-state index in [0.717, 1.165) is 18.5 Å². The minimum Gasteiger partial charge on any atom is -0.426 e. The molecule has 2 amide bonds. The van der Waals surface area contributed by atoms with Crippen LogP contribution in [0.2, 0.25) is 0 Å². The van der Waals surface area contributed by atoms with Gasteiger partial charge in [-0.3, -0.25) is 19.1 Å². The lowest BCUT2D eigenvalue weighted by Gasteiger charge is -2.40. The third-order valence-corrected chi connectivity index (χ3v) is 5.42. The van der Waals surface area contributed by atoms with Gasteiger partial charge in [0, 0.05) is 44.4 Å². The smallest absolute Gasteiger partial charge is 0.316 e. The maximum atomic E-state index is 13.1. The molecule has 0 radical (unpaired) electrons. The van der Waals surface area contributed by atoms with E-state index in [1.165, 1.54) is 6.92 Å². The minimum absolute atomic E-state index is 0.0791. The Kier molecular flexibility index (Phi) is 5.08. The number of carbonyl (C=O) groups excluding carboxylic acids is 3.